The number of anilines is 2. The molecule has 2 aromatic heterocycles. The smallest absolute Gasteiger partial charge is 0.327 e. The second kappa shape index (κ2) is 5.68. The van der Waals surface area contributed by atoms with Gasteiger partial charge in [-0.3, -0.25) is 5.32 Å². The number of aromatic nitrogens is 2. The summed E-state index contributed by atoms with van der Waals surface area (Å²) in [7, 11) is 0. The van der Waals surface area contributed by atoms with Crippen LogP contribution in [-0.2, 0) is 0 Å². The van der Waals surface area contributed by atoms with Crippen LogP contribution in [-0.4, -0.2) is 16.2 Å². The van der Waals surface area contributed by atoms with Crippen molar-refractivity contribution in [3.63, 3.8) is 0 Å². The van der Waals surface area contributed by atoms with E-state index >= 15 is 0 Å². The minimum absolute atomic E-state index is 0.0408. The number of halogens is 1. The first kappa shape index (κ1) is 13.2. The van der Waals surface area contributed by atoms with Crippen LogP contribution < -0.4 is 10.6 Å². The molecule has 0 bridgehead atoms. The van der Waals surface area contributed by atoms with Crippen LogP contribution in [0.4, 0.5) is 16.5 Å². The van der Waals surface area contributed by atoms with Crippen molar-refractivity contribution in [3.05, 3.63) is 47.7 Å². The monoisotopic (exact) mass is 304 g/mol. The fraction of sp³-hybridized carbons (Fsp3) is 0. The average molecular weight is 305 g/mol. The van der Waals surface area contributed by atoms with Crippen molar-refractivity contribution in [3.8, 4) is 11.7 Å². The molecule has 2 heterocycles. The quantitative estimate of drug-likeness (QED) is 0.770. The number of carbonyl (C=O) groups excluding carboxylic acids is 1. The Morgan fingerprint density at radius 3 is 2.81 bits per heavy atom. The minimum atomic E-state index is -0.521. The van der Waals surface area contributed by atoms with E-state index in [4.69, 9.17) is 20.4 Å². The first-order chi connectivity index (χ1) is 10.2. The average Bonchev–Trinajstić information content (AvgIpc) is 3.08. The Kier molecular flexibility index (Phi) is 3.57. The number of urea groups is 1. The van der Waals surface area contributed by atoms with Crippen LogP contribution in [0, 0.1) is 0 Å². The standard InChI is InChI=1S/C13H9ClN4O3/c14-8-3-1-4-9(7-8)15-12(19)16-13-18-17-11(21-13)10-5-2-6-20-10/h1-7H,(H2,15,16,18,19). The molecule has 0 aliphatic rings. The number of amides is 2. The van der Waals surface area contributed by atoms with Crippen LogP contribution in [0.15, 0.2) is 51.5 Å². The molecule has 3 rings (SSSR count). The summed E-state index contributed by atoms with van der Waals surface area (Å²) in [6, 6.07) is 9.55. The van der Waals surface area contributed by atoms with Gasteiger partial charge in [-0.15, -0.1) is 5.10 Å². The van der Waals surface area contributed by atoms with Gasteiger partial charge in [0.1, 0.15) is 0 Å². The summed E-state index contributed by atoms with van der Waals surface area (Å²) in [5.41, 5.74) is 0.547. The summed E-state index contributed by atoms with van der Waals surface area (Å²) in [6.45, 7) is 0. The van der Waals surface area contributed by atoms with Gasteiger partial charge in [-0.05, 0) is 30.3 Å². The predicted molar refractivity (Wildman–Crippen MR) is 76.1 cm³/mol. The Bertz CT molecular complexity index is 754. The van der Waals surface area contributed by atoms with Crippen molar-refractivity contribution >= 4 is 29.3 Å². The molecule has 2 N–H and O–H groups in total. The fourth-order valence-corrected chi connectivity index (χ4v) is 1.79. The van der Waals surface area contributed by atoms with Gasteiger partial charge < -0.3 is 14.2 Å². The Morgan fingerprint density at radius 1 is 1.14 bits per heavy atom. The van der Waals surface area contributed by atoms with E-state index < -0.39 is 6.03 Å². The molecule has 8 heteroatoms. The summed E-state index contributed by atoms with van der Waals surface area (Å²) in [4.78, 5) is 11.8. The molecule has 21 heavy (non-hydrogen) atoms. The number of benzene rings is 1. The number of carbonyl (C=O) groups is 1. The second-order valence-electron chi connectivity index (χ2n) is 3.98. The predicted octanol–water partition coefficient (Wildman–Crippen LogP) is 3.63. The van der Waals surface area contributed by atoms with Gasteiger partial charge in [0.15, 0.2) is 5.76 Å². The zero-order chi connectivity index (χ0) is 14.7. The van der Waals surface area contributed by atoms with Gasteiger partial charge in [0.05, 0.1) is 6.26 Å². The summed E-state index contributed by atoms with van der Waals surface area (Å²) in [5.74, 6) is 0.601. The maximum Gasteiger partial charge on any atom is 0.327 e. The first-order valence-electron chi connectivity index (χ1n) is 5.92. The molecule has 0 atom stereocenters. The van der Waals surface area contributed by atoms with Crippen molar-refractivity contribution in [2.45, 2.75) is 0 Å². The summed E-state index contributed by atoms with van der Waals surface area (Å²) >= 11 is 5.83. The Balaban J connectivity index is 1.65. The third-order valence-corrected chi connectivity index (χ3v) is 2.70. The molecule has 0 saturated carbocycles. The number of hydrogen-bond donors (Lipinski definition) is 2. The number of furan rings is 1. The Morgan fingerprint density at radius 2 is 2.05 bits per heavy atom. The molecule has 0 spiro atoms. The Hall–Kier alpha value is -2.80. The number of nitrogens with zero attached hydrogens (tertiary/aromatic N) is 2. The van der Waals surface area contributed by atoms with E-state index in [2.05, 4.69) is 20.8 Å². The lowest BCUT2D eigenvalue weighted by atomic mass is 10.3. The highest BCUT2D eigenvalue weighted by Crippen LogP contribution is 2.20. The van der Waals surface area contributed by atoms with E-state index in [-0.39, 0.29) is 11.9 Å². The molecule has 7 nitrogen and oxygen atoms in total. The van der Waals surface area contributed by atoms with E-state index in [0.29, 0.717) is 16.5 Å². The lowest BCUT2D eigenvalue weighted by Gasteiger charge is -2.04. The molecule has 106 valence electrons. The van der Waals surface area contributed by atoms with Crippen LogP contribution in [0.3, 0.4) is 0 Å². The van der Waals surface area contributed by atoms with Crippen molar-refractivity contribution < 1.29 is 13.6 Å². The van der Waals surface area contributed by atoms with E-state index in [9.17, 15) is 4.79 Å². The highest BCUT2D eigenvalue weighted by atomic mass is 35.5. The summed E-state index contributed by atoms with van der Waals surface area (Å²) in [6.07, 6.45) is 1.48. The van der Waals surface area contributed by atoms with Gasteiger partial charge >= 0.3 is 12.0 Å². The first-order valence-corrected chi connectivity index (χ1v) is 6.29. The maximum atomic E-state index is 11.8. The van der Waals surface area contributed by atoms with Crippen molar-refractivity contribution in [2.75, 3.05) is 10.6 Å². The van der Waals surface area contributed by atoms with Crippen LogP contribution >= 0.6 is 11.6 Å². The normalized spacial score (nSPS) is 10.3. The molecule has 0 radical (unpaired) electrons. The van der Waals surface area contributed by atoms with Gasteiger partial charge in [-0.1, -0.05) is 22.8 Å². The Labute approximate surface area is 123 Å². The number of rotatable bonds is 3. The topological polar surface area (TPSA) is 93.2 Å². The van der Waals surface area contributed by atoms with Crippen molar-refractivity contribution in [1.82, 2.24) is 10.2 Å². The lowest BCUT2D eigenvalue weighted by Crippen LogP contribution is -2.19. The molecule has 2 amide bonds. The molecular formula is C13H9ClN4O3. The highest BCUT2D eigenvalue weighted by Gasteiger charge is 2.13. The van der Waals surface area contributed by atoms with Crippen LogP contribution in [0.25, 0.3) is 11.7 Å². The molecule has 0 fully saturated rings. The van der Waals surface area contributed by atoms with Gasteiger partial charge in [0.25, 0.3) is 5.89 Å². The number of hydrogen-bond acceptors (Lipinski definition) is 5. The fourth-order valence-electron chi connectivity index (χ4n) is 1.60. The van der Waals surface area contributed by atoms with E-state index in [1.54, 1.807) is 36.4 Å². The van der Waals surface area contributed by atoms with Crippen molar-refractivity contribution in [2.24, 2.45) is 0 Å². The third-order valence-electron chi connectivity index (χ3n) is 2.46. The zero-order valence-corrected chi connectivity index (χ0v) is 11.3. The largest absolute Gasteiger partial charge is 0.459 e. The van der Waals surface area contributed by atoms with Crippen LogP contribution in [0.5, 0.6) is 0 Å². The molecular weight excluding hydrogens is 296 g/mol. The number of nitrogens with one attached hydrogen (secondary N) is 2. The van der Waals surface area contributed by atoms with E-state index in [1.807, 2.05) is 0 Å². The second-order valence-corrected chi connectivity index (χ2v) is 4.42. The molecule has 0 unspecified atom stereocenters. The van der Waals surface area contributed by atoms with Crippen LogP contribution in [0.2, 0.25) is 5.02 Å². The summed E-state index contributed by atoms with van der Waals surface area (Å²) in [5, 5.41) is 13.0. The van der Waals surface area contributed by atoms with E-state index in [0.717, 1.165) is 0 Å². The molecule has 1 aromatic carbocycles. The zero-order valence-electron chi connectivity index (χ0n) is 10.5. The van der Waals surface area contributed by atoms with Crippen molar-refractivity contribution in [1.29, 1.82) is 0 Å². The lowest BCUT2D eigenvalue weighted by molar-refractivity contribution is 0.261. The van der Waals surface area contributed by atoms with Gasteiger partial charge in [0, 0.05) is 10.7 Å². The van der Waals surface area contributed by atoms with E-state index in [1.165, 1.54) is 6.26 Å². The summed E-state index contributed by atoms with van der Waals surface area (Å²) < 4.78 is 10.4. The SMILES string of the molecule is O=C(Nc1cccc(Cl)c1)Nc1nnc(-c2ccco2)o1. The van der Waals surface area contributed by atoms with Gasteiger partial charge in [0.2, 0.25) is 0 Å². The molecule has 3 aromatic rings. The van der Waals surface area contributed by atoms with Gasteiger partial charge in [-0.2, -0.15) is 0 Å². The maximum absolute atomic E-state index is 11.8. The third kappa shape index (κ3) is 3.21. The highest BCUT2D eigenvalue weighted by molar-refractivity contribution is 6.30. The molecule has 0 saturated heterocycles. The van der Waals surface area contributed by atoms with Crippen LogP contribution in [0.1, 0.15) is 0 Å². The molecule has 0 aliphatic carbocycles. The molecule has 0 aliphatic heterocycles. The minimum Gasteiger partial charge on any atom is -0.459 e. The van der Waals surface area contributed by atoms with Gasteiger partial charge in [-0.25, -0.2) is 4.79 Å².